The van der Waals surface area contributed by atoms with Crippen LogP contribution < -0.4 is 0 Å². The highest BCUT2D eigenvalue weighted by Crippen LogP contribution is 2.33. The van der Waals surface area contributed by atoms with Crippen LogP contribution in [-0.4, -0.2) is 11.2 Å². The minimum atomic E-state index is -0.0289. The quantitative estimate of drug-likeness (QED) is 0.618. The molecule has 0 aliphatic heterocycles. The number of hydrogen-bond acceptors (Lipinski definition) is 1. The topological polar surface area (TPSA) is 20.2 Å². The third kappa shape index (κ3) is 2.19. The molecule has 1 nitrogen and oxygen atoms in total. The molecule has 0 spiro atoms. The summed E-state index contributed by atoms with van der Waals surface area (Å²) < 4.78 is 0. The van der Waals surface area contributed by atoms with E-state index >= 15 is 0 Å². The Balaban J connectivity index is 2.44. The van der Waals surface area contributed by atoms with E-state index in [9.17, 15) is 5.11 Å². The van der Waals surface area contributed by atoms with Crippen LogP contribution >= 0.6 is 0 Å². The van der Waals surface area contributed by atoms with E-state index in [1.807, 2.05) is 0 Å². The van der Waals surface area contributed by atoms with Gasteiger partial charge in [-0.15, -0.1) is 0 Å². The van der Waals surface area contributed by atoms with Crippen LogP contribution in [0.25, 0.3) is 0 Å². The van der Waals surface area contributed by atoms with Crippen molar-refractivity contribution >= 4 is 0 Å². The van der Waals surface area contributed by atoms with Crippen molar-refractivity contribution in [2.75, 3.05) is 0 Å². The molecule has 0 saturated heterocycles. The molecule has 0 aromatic carbocycles. The molecular formula is C10H20O. The number of hydrogen-bond donors (Lipinski definition) is 1. The molecule has 1 fully saturated rings. The summed E-state index contributed by atoms with van der Waals surface area (Å²) in [5.74, 6) is 1.95. The second kappa shape index (κ2) is 3.57. The normalized spacial score (nSPS) is 39.5. The van der Waals surface area contributed by atoms with Crippen LogP contribution in [0, 0.1) is 17.8 Å². The summed E-state index contributed by atoms with van der Waals surface area (Å²) >= 11 is 0. The Kier molecular flexibility index (Phi) is 2.94. The van der Waals surface area contributed by atoms with Gasteiger partial charge in [0.15, 0.2) is 0 Å². The van der Waals surface area contributed by atoms with Crippen molar-refractivity contribution in [3.8, 4) is 0 Å². The maximum atomic E-state index is 9.71. The van der Waals surface area contributed by atoms with E-state index in [-0.39, 0.29) is 6.10 Å². The molecule has 0 heterocycles. The molecule has 0 aromatic heterocycles. The fourth-order valence-corrected chi connectivity index (χ4v) is 2.15. The molecule has 1 heteroatoms. The Hall–Kier alpha value is -0.0400. The monoisotopic (exact) mass is 156 g/mol. The van der Waals surface area contributed by atoms with Gasteiger partial charge in [-0.1, -0.05) is 27.2 Å². The van der Waals surface area contributed by atoms with Crippen LogP contribution in [0.2, 0.25) is 0 Å². The number of aliphatic hydroxyl groups is 1. The fourth-order valence-electron chi connectivity index (χ4n) is 2.15. The van der Waals surface area contributed by atoms with Gasteiger partial charge in [0.2, 0.25) is 0 Å². The second-order valence-corrected chi connectivity index (χ2v) is 4.39. The lowest BCUT2D eigenvalue weighted by molar-refractivity contribution is 0.0266. The molecule has 0 aromatic rings. The largest absolute Gasteiger partial charge is 0.393 e. The molecule has 11 heavy (non-hydrogen) atoms. The SMILES string of the molecule is CC1CCC(C(C)C)[C@@H](O)C1. The number of rotatable bonds is 1. The Labute approximate surface area is 69.8 Å². The molecule has 66 valence electrons. The maximum Gasteiger partial charge on any atom is 0.0573 e. The zero-order chi connectivity index (χ0) is 8.43. The average molecular weight is 156 g/mol. The van der Waals surface area contributed by atoms with Gasteiger partial charge in [0, 0.05) is 0 Å². The van der Waals surface area contributed by atoms with Gasteiger partial charge in [-0.2, -0.15) is 0 Å². The number of aliphatic hydroxyl groups excluding tert-OH is 1. The van der Waals surface area contributed by atoms with Crippen LogP contribution in [0.5, 0.6) is 0 Å². The molecule has 0 bridgehead atoms. The van der Waals surface area contributed by atoms with Crippen molar-refractivity contribution < 1.29 is 5.11 Å². The Morgan fingerprint density at radius 2 is 1.91 bits per heavy atom. The summed E-state index contributed by atoms with van der Waals surface area (Å²) in [5.41, 5.74) is 0. The average Bonchev–Trinajstić information content (AvgIpc) is 1.85. The zero-order valence-electron chi connectivity index (χ0n) is 7.88. The smallest absolute Gasteiger partial charge is 0.0573 e. The van der Waals surface area contributed by atoms with Gasteiger partial charge >= 0.3 is 0 Å². The Morgan fingerprint density at radius 3 is 2.36 bits per heavy atom. The highest BCUT2D eigenvalue weighted by atomic mass is 16.3. The highest BCUT2D eigenvalue weighted by molar-refractivity contribution is 4.79. The lowest BCUT2D eigenvalue weighted by Crippen LogP contribution is -2.31. The van der Waals surface area contributed by atoms with Crippen molar-refractivity contribution in [1.82, 2.24) is 0 Å². The van der Waals surface area contributed by atoms with Gasteiger partial charge in [0.25, 0.3) is 0 Å². The minimum Gasteiger partial charge on any atom is -0.393 e. The van der Waals surface area contributed by atoms with Gasteiger partial charge in [0.05, 0.1) is 6.10 Å². The van der Waals surface area contributed by atoms with Crippen LogP contribution in [0.3, 0.4) is 0 Å². The first-order valence-electron chi connectivity index (χ1n) is 4.79. The molecule has 0 amide bonds. The molecule has 1 N–H and O–H groups in total. The van der Waals surface area contributed by atoms with Crippen molar-refractivity contribution in [3.63, 3.8) is 0 Å². The summed E-state index contributed by atoms with van der Waals surface area (Å²) in [4.78, 5) is 0. The molecule has 1 saturated carbocycles. The molecule has 3 atom stereocenters. The van der Waals surface area contributed by atoms with Gasteiger partial charge in [0.1, 0.15) is 0 Å². The standard InChI is InChI=1S/C10H20O/c1-7(2)9-5-4-8(3)6-10(9)11/h7-11H,4-6H2,1-3H3/t8?,9?,10-/m0/s1. The molecule has 1 rings (SSSR count). The third-order valence-electron chi connectivity index (χ3n) is 2.99. The van der Waals surface area contributed by atoms with E-state index in [1.54, 1.807) is 0 Å². The molecular weight excluding hydrogens is 136 g/mol. The first-order chi connectivity index (χ1) is 5.11. The van der Waals surface area contributed by atoms with E-state index in [0.717, 1.165) is 12.3 Å². The van der Waals surface area contributed by atoms with Crippen LogP contribution in [0.4, 0.5) is 0 Å². The van der Waals surface area contributed by atoms with E-state index in [2.05, 4.69) is 20.8 Å². The van der Waals surface area contributed by atoms with Crippen molar-refractivity contribution in [2.45, 2.75) is 46.1 Å². The van der Waals surface area contributed by atoms with E-state index in [0.29, 0.717) is 11.8 Å². The predicted molar refractivity (Wildman–Crippen MR) is 47.3 cm³/mol. The summed E-state index contributed by atoms with van der Waals surface area (Å²) in [6.07, 6.45) is 3.52. The minimum absolute atomic E-state index is 0.0289. The maximum absolute atomic E-state index is 9.71. The second-order valence-electron chi connectivity index (χ2n) is 4.39. The fraction of sp³-hybridized carbons (Fsp3) is 1.00. The molecule has 0 radical (unpaired) electrons. The van der Waals surface area contributed by atoms with Gasteiger partial charge in [-0.3, -0.25) is 0 Å². The summed E-state index contributed by atoms with van der Waals surface area (Å²) in [6, 6.07) is 0. The van der Waals surface area contributed by atoms with Crippen LogP contribution in [0.1, 0.15) is 40.0 Å². The lowest BCUT2D eigenvalue weighted by atomic mass is 9.75. The van der Waals surface area contributed by atoms with Crippen molar-refractivity contribution in [2.24, 2.45) is 17.8 Å². The van der Waals surface area contributed by atoms with Crippen LogP contribution in [0.15, 0.2) is 0 Å². The van der Waals surface area contributed by atoms with Crippen molar-refractivity contribution in [3.05, 3.63) is 0 Å². The summed E-state index contributed by atoms with van der Waals surface area (Å²) in [7, 11) is 0. The van der Waals surface area contributed by atoms with E-state index in [4.69, 9.17) is 0 Å². The first-order valence-corrected chi connectivity index (χ1v) is 4.79. The highest BCUT2D eigenvalue weighted by Gasteiger charge is 2.28. The third-order valence-corrected chi connectivity index (χ3v) is 2.99. The van der Waals surface area contributed by atoms with E-state index < -0.39 is 0 Å². The predicted octanol–water partition coefficient (Wildman–Crippen LogP) is 2.44. The Bertz CT molecular complexity index is 120. The van der Waals surface area contributed by atoms with Gasteiger partial charge < -0.3 is 5.11 Å². The zero-order valence-corrected chi connectivity index (χ0v) is 7.88. The molecule has 1 aliphatic rings. The molecule has 2 unspecified atom stereocenters. The van der Waals surface area contributed by atoms with Crippen molar-refractivity contribution in [1.29, 1.82) is 0 Å². The Morgan fingerprint density at radius 1 is 1.27 bits per heavy atom. The van der Waals surface area contributed by atoms with E-state index in [1.165, 1.54) is 12.8 Å². The lowest BCUT2D eigenvalue weighted by Gasteiger charge is -2.33. The van der Waals surface area contributed by atoms with Gasteiger partial charge in [-0.05, 0) is 30.6 Å². The van der Waals surface area contributed by atoms with Crippen LogP contribution in [-0.2, 0) is 0 Å². The first kappa shape index (κ1) is 9.05. The summed E-state index contributed by atoms with van der Waals surface area (Å²) in [5, 5.41) is 9.71. The summed E-state index contributed by atoms with van der Waals surface area (Å²) in [6.45, 7) is 6.66. The molecule has 1 aliphatic carbocycles. The van der Waals surface area contributed by atoms with Gasteiger partial charge in [-0.25, -0.2) is 0 Å².